The Hall–Kier alpha value is -2.90. The fourth-order valence-corrected chi connectivity index (χ4v) is 1.65. The molecule has 20 heavy (non-hydrogen) atoms. The van der Waals surface area contributed by atoms with E-state index in [9.17, 15) is 19.7 Å². The number of hydrogen-bond acceptors (Lipinski definition) is 6. The van der Waals surface area contributed by atoms with Crippen LogP contribution in [0.3, 0.4) is 0 Å². The topological polar surface area (TPSA) is 111 Å². The number of nitrogens with zero attached hydrogens (tertiary/aromatic N) is 1. The Kier molecular flexibility index (Phi) is 3.65. The van der Waals surface area contributed by atoms with Crippen LogP contribution in [0.4, 0.5) is 17.1 Å². The average Bonchev–Trinajstić information content (AvgIpc) is 2.39. The van der Waals surface area contributed by atoms with Crippen LogP contribution in [0.2, 0.25) is 0 Å². The standard InChI is InChI=1S/C12H11N3O5/c1-2-20-11(16)6-10-12(17)14-8-4-3-7(15(18)19)5-9(8)13-10/h3-6,13H,2H2,1H3,(H,14,17). The van der Waals surface area contributed by atoms with E-state index in [1.54, 1.807) is 6.92 Å². The number of hydrogen-bond donors (Lipinski definition) is 2. The first-order valence-corrected chi connectivity index (χ1v) is 5.76. The Morgan fingerprint density at radius 3 is 2.80 bits per heavy atom. The highest BCUT2D eigenvalue weighted by atomic mass is 16.6. The van der Waals surface area contributed by atoms with Crippen LogP contribution in [-0.4, -0.2) is 23.4 Å². The molecule has 1 aliphatic heterocycles. The largest absolute Gasteiger partial charge is 0.463 e. The van der Waals surface area contributed by atoms with E-state index in [-0.39, 0.29) is 18.0 Å². The van der Waals surface area contributed by atoms with Crippen LogP contribution < -0.4 is 10.6 Å². The molecule has 2 N–H and O–H groups in total. The van der Waals surface area contributed by atoms with E-state index in [0.29, 0.717) is 11.4 Å². The second-order valence-corrected chi connectivity index (χ2v) is 3.88. The van der Waals surface area contributed by atoms with Crippen LogP contribution in [0.1, 0.15) is 6.92 Å². The number of fused-ring (bicyclic) bond motifs is 1. The van der Waals surface area contributed by atoms with Crippen molar-refractivity contribution < 1.29 is 19.2 Å². The van der Waals surface area contributed by atoms with Gasteiger partial charge in [0.25, 0.3) is 11.6 Å². The van der Waals surface area contributed by atoms with Crippen molar-refractivity contribution in [2.75, 3.05) is 17.2 Å². The lowest BCUT2D eigenvalue weighted by molar-refractivity contribution is -0.384. The van der Waals surface area contributed by atoms with E-state index in [1.165, 1.54) is 18.2 Å². The molecule has 0 unspecified atom stereocenters. The van der Waals surface area contributed by atoms with Crippen LogP contribution >= 0.6 is 0 Å². The number of nitro benzene ring substituents is 1. The Morgan fingerprint density at radius 1 is 1.40 bits per heavy atom. The van der Waals surface area contributed by atoms with Crippen molar-refractivity contribution in [3.8, 4) is 0 Å². The van der Waals surface area contributed by atoms with Crippen LogP contribution in [0.5, 0.6) is 0 Å². The summed E-state index contributed by atoms with van der Waals surface area (Å²) in [4.78, 5) is 33.2. The maximum absolute atomic E-state index is 11.7. The molecular formula is C12H11N3O5. The number of nitrogens with one attached hydrogen (secondary N) is 2. The molecule has 1 heterocycles. The van der Waals surface area contributed by atoms with Crippen molar-refractivity contribution in [1.82, 2.24) is 0 Å². The number of rotatable bonds is 3. The second kappa shape index (κ2) is 5.39. The van der Waals surface area contributed by atoms with Gasteiger partial charge in [0.05, 0.1) is 29.0 Å². The lowest BCUT2D eigenvalue weighted by atomic mass is 10.1. The Bertz CT molecular complexity index is 624. The molecule has 8 heteroatoms. The average molecular weight is 277 g/mol. The molecule has 0 radical (unpaired) electrons. The van der Waals surface area contributed by atoms with E-state index in [4.69, 9.17) is 4.74 Å². The van der Waals surface area contributed by atoms with Gasteiger partial charge in [0, 0.05) is 12.1 Å². The zero-order chi connectivity index (χ0) is 14.7. The molecule has 1 aromatic carbocycles. The third kappa shape index (κ3) is 2.74. The van der Waals surface area contributed by atoms with Gasteiger partial charge in [0.2, 0.25) is 0 Å². The molecule has 0 aliphatic carbocycles. The minimum atomic E-state index is -0.668. The highest BCUT2D eigenvalue weighted by molar-refractivity contribution is 6.13. The smallest absolute Gasteiger partial charge is 0.333 e. The number of nitro groups is 1. The molecule has 1 amide bonds. The monoisotopic (exact) mass is 277 g/mol. The van der Waals surface area contributed by atoms with Crippen LogP contribution in [0.25, 0.3) is 0 Å². The molecule has 8 nitrogen and oxygen atoms in total. The van der Waals surface area contributed by atoms with Crippen molar-refractivity contribution in [3.63, 3.8) is 0 Å². The molecule has 2 rings (SSSR count). The summed E-state index contributed by atoms with van der Waals surface area (Å²) in [7, 11) is 0. The van der Waals surface area contributed by atoms with Gasteiger partial charge in [0.1, 0.15) is 5.70 Å². The lowest BCUT2D eigenvalue weighted by Crippen LogP contribution is -2.26. The van der Waals surface area contributed by atoms with Crippen molar-refractivity contribution >= 4 is 28.9 Å². The van der Waals surface area contributed by atoms with Gasteiger partial charge >= 0.3 is 5.97 Å². The minimum absolute atomic E-state index is 0.0311. The van der Waals surface area contributed by atoms with Gasteiger partial charge in [-0.05, 0) is 13.0 Å². The number of anilines is 2. The summed E-state index contributed by atoms with van der Waals surface area (Å²) >= 11 is 0. The third-order valence-electron chi connectivity index (χ3n) is 2.52. The second-order valence-electron chi connectivity index (χ2n) is 3.88. The minimum Gasteiger partial charge on any atom is -0.463 e. The predicted octanol–water partition coefficient (Wildman–Crippen LogP) is 1.41. The number of carbonyl (C=O) groups is 2. The van der Waals surface area contributed by atoms with E-state index in [1.807, 2.05) is 0 Å². The number of benzene rings is 1. The van der Waals surface area contributed by atoms with Gasteiger partial charge in [-0.25, -0.2) is 4.79 Å². The van der Waals surface area contributed by atoms with E-state index in [0.717, 1.165) is 6.08 Å². The summed E-state index contributed by atoms with van der Waals surface area (Å²) in [6, 6.07) is 3.97. The van der Waals surface area contributed by atoms with Crippen molar-refractivity contribution in [2.45, 2.75) is 6.92 Å². The molecule has 104 valence electrons. The van der Waals surface area contributed by atoms with Gasteiger partial charge in [-0.2, -0.15) is 0 Å². The number of carbonyl (C=O) groups excluding carboxylic acids is 2. The summed E-state index contributed by atoms with van der Waals surface area (Å²) in [5.74, 6) is -1.18. The quantitative estimate of drug-likeness (QED) is 0.374. The van der Waals surface area contributed by atoms with Crippen LogP contribution in [0, 0.1) is 10.1 Å². The first kappa shape index (κ1) is 13.5. The molecule has 0 saturated carbocycles. The summed E-state index contributed by atoms with van der Waals surface area (Å²) in [5, 5.41) is 15.9. The van der Waals surface area contributed by atoms with E-state index in [2.05, 4.69) is 10.6 Å². The molecule has 0 atom stereocenters. The van der Waals surface area contributed by atoms with Crippen LogP contribution in [-0.2, 0) is 14.3 Å². The first-order chi connectivity index (χ1) is 9.51. The maximum Gasteiger partial charge on any atom is 0.333 e. The Labute approximate surface area is 113 Å². The van der Waals surface area contributed by atoms with Gasteiger partial charge in [-0.15, -0.1) is 0 Å². The van der Waals surface area contributed by atoms with Gasteiger partial charge in [-0.3, -0.25) is 14.9 Å². The molecule has 0 saturated heterocycles. The number of non-ortho nitro benzene ring substituents is 1. The number of ether oxygens (including phenoxy) is 1. The molecular weight excluding hydrogens is 266 g/mol. The Balaban J connectivity index is 2.31. The first-order valence-electron chi connectivity index (χ1n) is 5.76. The number of amides is 1. The predicted molar refractivity (Wildman–Crippen MR) is 70.1 cm³/mol. The van der Waals surface area contributed by atoms with Gasteiger partial charge in [0.15, 0.2) is 0 Å². The zero-order valence-electron chi connectivity index (χ0n) is 10.5. The summed E-state index contributed by atoms with van der Waals surface area (Å²) in [5.41, 5.74) is 0.593. The summed E-state index contributed by atoms with van der Waals surface area (Å²) < 4.78 is 4.70. The SMILES string of the molecule is CCOC(=O)C=C1Nc2cc([N+](=O)[O-])ccc2NC1=O. The number of esters is 1. The summed E-state index contributed by atoms with van der Waals surface area (Å²) in [6.07, 6.45) is 1.00. The highest BCUT2D eigenvalue weighted by Crippen LogP contribution is 2.31. The third-order valence-corrected chi connectivity index (χ3v) is 2.52. The van der Waals surface area contributed by atoms with Gasteiger partial charge < -0.3 is 15.4 Å². The van der Waals surface area contributed by atoms with Crippen molar-refractivity contribution in [1.29, 1.82) is 0 Å². The zero-order valence-corrected chi connectivity index (χ0v) is 10.5. The van der Waals surface area contributed by atoms with E-state index < -0.39 is 16.8 Å². The molecule has 0 bridgehead atoms. The fourth-order valence-electron chi connectivity index (χ4n) is 1.65. The molecule has 0 spiro atoms. The fraction of sp³-hybridized carbons (Fsp3) is 0.167. The normalized spacial score (nSPS) is 15.1. The molecule has 1 aromatic rings. The highest BCUT2D eigenvalue weighted by Gasteiger charge is 2.22. The van der Waals surface area contributed by atoms with E-state index >= 15 is 0 Å². The maximum atomic E-state index is 11.7. The molecule has 1 aliphatic rings. The van der Waals surface area contributed by atoms with Crippen molar-refractivity contribution in [2.24, 2.45) is 0 Å². The molecule has 0 fully saturated rings. The lowest BCUT2D eigenvalue weighted by Gasteiger charge is -2.20. The van der Waals surface area contributed by atoms with Crippen LogP contribution in [0.15, 0.2) is 30.0 Å². The summed E-state index contributed by atoms with van der Waals surface area (Å²) in [6.45, 7) is 1.83. The van der Waals surface area contributed by atoms with Crippen molar-refractivity contribution in [3.05, 3.63) is 40.1 Å². The molecule has 0 aromatic heterocycles. The Morgan fingerprint density at radius 2 is 2.15 bits per heavy atom. The van der Waals surface area contributed by atoms with Gasteiger partial charge in [-0.1, -0.05) is 0 Å².